The molecule has 3 rings (SSSR count). The summed E-state index contributed by atoms with van der Waals surface area (Å²) in [6.45, 7) is 2.01. The molecule has 0 fully saturated rings. The zero-order chi connectivity index (χ0) is 12.5. The Kier molecular flexibility index (Phi) is 2.68. The van der Waals surface area contributed by atoms with Gasteiger partial charge in [-0.1, -0.05) is 17.7 Å². The highest BCUT2D eigenvalue weighted by molar-refractivity contribution is 6.35. The summed E-state index contributed by atoms with van der Waals surface area (Å²) >= 11 is 6.18. The molecule has 2 aromatic heterocycles. The number of hydrogen-bond acceptors (Lipinski definition) is 3. The van der Waals surface area contributed by atoms with Crippen LogP contribution in [0.1, 0.15) is 5.56 Å². The second-order valence-corrected chi connectivity index (χ2v) is 4.49. The van der Waals surface area contributed by atoms with Crippen LogP contribution in [0.4, 0.5) is 0 Å². The van der Waals surface area contributed by atoms with Crippen LogP contribution in [-0.2, 0) is 0 Å². The molecule has 0 radical (unpaired) electrons. The molecule has 1 aromatic carbocycles. The second-order valence-electron chi connectivity index (χ2n) is 4.09. The Labute approximate surface area is 109 Å². The number of rotatable bonds is 1. The minimum atomic E-state index is 0.698. The summed E-state index contributed by atoms with van der Waals surface area (Å²) in [5, 5.41) is 9.73. The number of hydrogen-bond donors (Lipinski definition) is 0. The van der Waals surface area contributed by atoms with Crippen molar-refractivity contribution in [2.45, 2.75) is 6.92 Å². The van der Waals surface area contributed by atoms with Crippen LogP contribution in [0.2, 0.25) is 5.02 Å². The highest BCUT2D eigenvalue weighted by Gasteiger charge is 2.06. The SMILES string of the molecule is Cc1ccnnc1-c1ccc2nccc(Cl)c2c1. The van der Waals surface area contributed by atoms with Crippen LogP contribution < -0.4 is 0 Å². The number of nitrogens with zero attached hydrogens (tertiary/aromatic N) is 3. The molecule has 4 heteroatoms. The Morgan fingerprint density at radius 3 is 2.78 bits per heavy atom. The van der Waals surface area contributed by atoms with Gasteiger partial charge in [0, 0.05) is 23.3 Å². The van der Waals surface area contributed by atoms with Gasteiger partial charge in [-0.2, -0.15) is 10.2 Å². The van der Waals surface area contributed by atoms with E-state index in [2.05, 4.69) is 15.2 Å². The van der Waals surface area contributed by atoms with Crippen LogP contribution in [0.15, 0.2) is 42.7 Å². The smallest absolute Gasteiger partial charge is 0.0958 e. The van der Waals surface area contributed by atoms with Crippen molar-refractivity contribution in [1.82, 2.24) is 15.2 Å². The van der Waals surface area contributed by atoms with Crippen molar-refractivity contribution >= 4 is 22.5 Å². The zero-order valence-electron chi connectivity index (χ0n) is 9.76. The van der Waals surface area contributed by atoms with E-state index >= 15 is 0 Å². The number of halogens is 1. The fourth-order valence-electron chi connectivity index (χ4n) is 1.94. The number of aromatic nitrogens is 3. The number of benzene rings is 1. The third-order valence-electron chi connectivity index (χ3n) is 2.88. The van der Waals surface area contributed by atoms with E-state index in [1.165, 1.54) is 0 Å². The highest BCUT2D eigenvalue weighted by Crippen LogP contribution is 2.27. The lowest BCUT2D eigenvalue weighted by atomic mass is 10.1. The Bertz CT molecular complexity index is 725. The molecule has 0 aliphatic rings. The first-order chi connectivity index (χ1) is 8.75. The van der Waals surface area contributed by atoms with Gasteiger partial charge in [-0.25, -0.2) is 0 Å². The topological polar surface area (TPSA) is 38.7 Å². The molecule has 0 amide bonds. The maximum absolute atomic E-state index is 6.18. The minimum absolute atomic E-state index is 0.698. The Hall–Kier alpha value is -2.00. The molecular formula is C14H10ClN3. The number of pyridine rings is 1. The third kappa shape index (κ3) is 1.83. The quantitative estimate of drug-likeness (QED) is 0.666. The maximum atomic E-state index is 6.18. The first-order valence-corrected chi connectivity index (χ1v) is 5.96. The second kappa shape index (κ2) is 4.35. The molecule has 0 bridgehead atoms. The molecule has 0 spiro atoms. The molecule has 0 N–H and O–H groups in total. The monoisotopic (exact) mass is 255 g/mol. The molecule has 0 aliphatic carbocycles. The Balaban J connectivity index is 2.26. The molecule has 88 valence electrons. The van der Waals surface area contributed by atoms with Gasteiger partial charge in [0.05, 0.1) is 16.2 Å². The predicted molar refractivity (Wildman–Crippen MR) is 72.5 cm³/mol. The summed E-state index contributed by atoms with van der Waals surface area (Å²) in [7, 11) is 0. The van der Waals surface area contributed by atoms with E-state index in [-0.39, 0.29) is 0 Å². The standard InChI is InChI=1S/C14H10ClN3/c1-9-4-7-17-18-14(9)10-2-3-13-11(8-10)12(15)5-6-16-13/h2-8H,1H3. The molecular weight excluding hydrogens is 246 g/mol. The summed E-state index contributed by atoms with van der Waals surface area (Å²) in [5.74, 6) is 0. The van der Waals surface area contributed by atoms with E-state index in [0.29, 0.717) is 5.02 Å². The van der Waals surface area contributed by atoms with Gasteiger partial charge < -0.3 is 0 Å². The van der Waals surface area contributed by atoms with Gasteiger partial charge in [-0.3, -0.25) is 4.98 Å². The maximum Gasteiger partial charge on any atom is 0.0958 e. The van der Waals surface area contributed by atoms with Crippen molar-refractivity contribution in [3.8, 4) is 11.3 Å². The summed E-state index contributed by atoms with van der Waals surface area (Å²) in [4.78, 5) is 4.28. The van der Waals surface area contributed by atoms with Crippen molar-refractivity contribution in [1.29, 1.82) is 0 Å². The summed E-state index contributed by atoms with van der Waals surface area (Å²) < 4.78 is 0. The van der Waals surface area contributed by atoms with E-state index in [4.69, 9.17) is 11.6 Å². The van der Waals surface area contributed by atoms with Crippen LogP contribution in [0.5, 0.6) is 0 Å². The van der Waals surface area contributed by atoms with Gasteiger partial charge in [-0.15, -0.1) is 0 Å². The van der Waals surface area contributed by atoms with E-state index in [1.54, 1.807) is 18.5 Å². The van der Waals surface area contributed by atoms with Crippen molar-refractivity contribution < 1.29 is 0 Å². The van der Waals surface area contributed by atoms with Crippen LogP contribution in [-0.4, -0.2) is 15.2 Å². The summed E-state index contributed by atoms with van der Waals surface area (Å²) in [5.41, 5.74) is 3.85. The van der Waals surface area contributed by atoms with Crippen molar-refractivity contribution in [3.05, 3.63) is 53.3 Å². The van der Waals surface area contributed by atoms with Gasteiger partial charge >= 0.3 is 0 Å². The molecule has 0 unspecified atom stereocenters. The van der Waals surface area contributed by atoms with Crippen LogP contribution in [0.25, 0.3) is 22.2 Å². The third-order valence-corrected chi connectivity index (χ3v) is 3.21. The Morgan fingerprint density at radius 2 is 1.94 bits per heavy atom. The average molecular weight is 256 g/mol. The molecule has 3 nitrogen and oxygen atoms in total. The van der Waals surface area contributed by atoms with E-state index in [9.17, 15) is 0 Å². The van der Waals surface area contributed by atoms with Crippen molar-refractivity contribution in [2.24, 2.45) is 0 Å². The lowest BCUT2D eigenvalue weighted by molar-refractivity contribution is 1.02. The lowest BCUT2D eigenvalue weighted by Crippen LogP contribution is -1.91. The lowest BCUT2D eigenvalue weighted by Gasteiger charge is -2.05. The van der Waals surface area contributed by atoms with Gasteiger partial charge in [0.2, 0.25) is 0 Å². The van der Waals surface area contributed by atoms with Crippen LogP contribution >= 0.6 is 11.6 Å². The summed E-state index contributed by atoms with van der Waals surface area (Å²) in [6, 6.07) is 9.67. The van der Waals surface area contributed by atoms with E-state index in [0.717, 1.165) is 27.7 Å². The molecule has 2 heterocycles. The fourth-order valence-corrected chi connectivity index (χ4v) is 2.15. The largest absolute Gasteiger partial charge is 0.256 e. The van der Waals surface area contributed by atoms with Crippen LogP contribution in [0.3, 0.4) is 0 Å². The molecule has 18 heavy (non-hydrogen) atoms. The number of aryl methyl sites for hydroxylation is 1. The number of fused-ring (bicyclic) bond motifs is 1. The Morgan fingerprint density at radius 1 is 1.06 bits per heavy atom. The predicted octanol–water partition coefficient (Wildman–Crippen LogP) is 3.65. The average Bonchev–Trinajstić information content (AvgIpc) is 2.40. The van der Waals surface area contributed by atoms with Crippen LogP contribution in [0, 0.1) is 6.92 Å². The zero-order valence-corrected chi connectivity index (χ0v) is 10.5. The normalized spacial score (nSPS) is 10.8. The molecule has 3 aromatic rings. The van der Waals surface area contributed by atoms with Gasteiger partial charge in [-0.05, 0) is 36.8 Å². The van der Waals surface area contributed by atoms with Crippen molar-refractivity contribution in [2.75, 3.05) is 0 Å². The van der Waals surface area contributed by atoms with Gasteiger partial charge in [0.1, 0.15) is 0 Å². The molecule has 0 atom stereocenters. The van der Waals surface area contributed by atoms with E-state index < -0.39 is 0 Å². The first kappa shape index (κ1) is 11.1. The van der Waals surface area contributed by atoms with E-state index in [1.807, 2.05) is 31.2 Å². The first-order valence-electron chi connectivity index (χ1n) is 5.58. The van der Waals surface area contributed by atoms with Gasteiger partial charge in [0.25, 0.3) is 0 Å². The molecule has 0 saturated heterocycles. The molecule has 0 aliphatic heterocycles. The highest BCUT2D eigenvalue weighted by atomic mass is 35.5. The van der Waals surface area contributed by atoms with Gasteiger partial charge in [0.15, 0.2) is 0 Å². The van der Waals surface area contributed by atoms with Crippen molar-refractivity contribution in [3.63, 3.8) is 0 Å². The fraction of sp³-hybridized carbons (Fsp3) is 0.0714. The minimum Gasteiger partial charge on any atom is -0.256 e. The summed E-state index contributed by atoms with van der Waals surface area (Å²) in [6.07, 6.45) is 3.40. The molecule has 0 saturated carbocycles.